The van der Waals surface area contributed by atoms with Gasteiger partial charge >= 0.3 is 0 Å². The molecule has 1 N–H and O–H groups in total. The minimum atomic E-state index is 1.08. The van der Waals surface area contributed by atoms with Gasteiger partial charge in [0.2, 0.25) is 0 Å². The Morgan fingerprint density at radius 2 is 1.50 bits per heavy atom. The van der Waals surface area contributed by atoms with Gasteiger partial charge in [0.05, 0.1) is 22.9 Å². The highest BCUT2D eigenvalue weighted by molar-refractivity contribution is 6.24. The first-order valence-corrected chi connectivity index (χ1v) is 10.2. The van der Waals surface area contributed by atoms with Gasteiger partial charge in [-0.15, -0.1) is 0 Å². The Morgan fingerprint density at radius 1 is 0.633 bits per heavy atom. The third-order valence-corrected chi connectivity index (χ3v) is 6.18. The molecule has 0 saturated heterocycles. The Morgan fingerprint density at radius 3 is 2.40 bits per heavy atom. The lowest BCUT2D eigenvalue weighted by atomic mass is 10.0. The van der Waals surface area contributed by atoms with Crippen LogP contribution in [0.2, 0.25) is 0 Å². The number of aromatic amines is 1. The zero-order chi connectivity index (χ0) is 19.7. The molecule has 0 spiro atoms. The molecule has 3 aromatic heterocycles. The van der Waals surface area contributed by atoms with Gasteiger partial charge in [-0.05, 0) is 47.2 Å². The van der Waals surface area contributed by atoms with Crippen molar-refractivity contribution in [3.05, 3.63) is 97.3 Å². The van der Waals surface area contributed by atoms with Crippen LogP contribution in [0.15, 0.2) is 97.3 Å². The monoisotopic (exact) mass is 383 g/mol. The molecule has 3 nitrogen and oxygen atoms in total. The molecule has 0 saturated carbocycles. The van der Waals surface area contributed by atoms with Gasteiger partial charge in [0.25, 0.3) is 0 Å². The van der Waals surface area contributed by atoms with Crippen LogP contribution < -0.4 is 0 Å². The smallest absolute Gasteiger partial charge is 0.0645 e. The van der Waals surface area contributed by atoms with Crippen LogP contribution in [0.4, 0.5) is 0 Å². The normalized spacial score (nSPS) is 12.0. The summed E-state index contributed by atoms with van der Waals surface area (Å²) in [5.74, 6) is 0. The fourth-order valence-electron chi connectivity index (χ4n) is 4.90. The number of benzene rings is 4. The van der Waals surface area contributed by atoms with Gasteiger partial charge < -0.3 is 9.55 Å². The van der Waals surface area contributed by atoms with E-state index in [4.69, 9.17) is 0 Å². The summed E-state index contributed by atoms with van der Waals surface area (Å²) in [6.45, 7) is 0. The molecule has 30 heavy (non-hydrogen) atoms. The first-order chi connectivity index (χ1) is 14.9. The summed E-state index contributed by atoms with van der Waals surface area (Å²) in [6, 6.07) is 30.3. The molecule has 0 bridgehead atoms. The maximum atomic E-state index is 4.37. The van der Waals surface area contributed by atoms with Gasteiger partial charge in [-0.25, -0.2) is 0 Å². The second-order valence-electron chi connectivity index (χ2n) is 7.81. The Labute approximate surface area is 172 Å². The number of nitrogens with zero attached hydrogens (tertiary/aromatic N) is 2. The topological polar surface area (TPSA) is 33.6 Å². The highest BCUT2D eigenvalue weighted by Gasteiger charge is 2.16. The van der Waals surface area contributed by atoms with E-state index in [0.29, 0.717) is 0 Å². The molecule has 0 fully saturated rings. The maximum Gasteiger partial charge on any atom is 0.0645 e. The fraction of sp³-hybridized carbons (Fsp3) is 0. The summed E-state index contributed by atoms with van der Waals surface area (Å²) in [4.78, 5) is 8.02. The summed E-state index contributed by atoms with van der Waals surface area (Å²) >= 11 is 0. The van der Waals surface area contributed by atoms with Crippen molar-refractivity contribution in [2.45, 2.75) is 0 Å². The van der Waals surface area contributed by atoms with Crippen molar-refractivity contribution in [3.8, 4) is 5.69 Å². The molecule has 140 valence electrons. The van der Waals surface area contributed by atoms with Gasteiger partial charge in [-0.3, -0.25) is 4.98 Å². The van der Waals surface area contributed by atoms with Crippen LogP contribution in [-0.4, -0.2) is 14.5 Å². The molecule has 3 heterocycles. The Balaban J connectivity index is 1.72. The first-order valence-electron chi connectivity index (χ1n) is 10.2. The highest BCUT2D eigenvalue weighted by atomic mass is 15.0. The van der Waals surface area contributed by atoms with Crippen LogP contribution in [-0.2, 0) is 0 Å². The Bertz CT molecular complexity index is 1740. The third kappa shape index (κ3) is 2.01. The van der Waals surface area contributed by atoms with Crippen molar-refractivity contribution in [1.29, 1.82) is 0 Å². The number of pyridine rings is 1. The molecular weight excluding hydrogens is 366 g/mol. The van der Waals surface area contributed by atoms with Gasteiger partial charge in [0.15, 0.2) is 0 Å². The molecule has 0 aliphatic carbocycles. The van der Waals surface area contributed by atoms with Crippen molar-refractivity contribution in [2.24, 2.45) is 0 Å². The predicted molar refractivity (Wildman–Crippen MR) is 125 cm³/mol. The van der Waals surface area contributed by atoms with Crippen LogP contribution in [0.25, 0.3) is 60.1 Å². The summed E-state index contributed by atoms with van der Waals surface area (Å²) in [6.07, 6.45) is 3.75. The van der Waals surface area contributed by atoms with E-state index in [9.17, 15) is 0 Å². The second kappa shape index (κ2) is 5.71. The lowest BCUT2D eigenvalue weighted by Crippen LogP contribution is -1.93. The standard InChI is InChI=1S/C27H17N3/c1-2-8-19-17(6-1)11-12-23-27(19)22-15-26-21(14-24(22)29-23)20-9-3-4-10-25(20)30(26)18-7-5-13-28-16-18/h1-16,29H. The molecule has 7 rings (SSSR count). The zero-order valence-corrected chi connectivity index (χ0v) is 16.1. The van der Waals surface area contributed by atoms with E-state index in [-0.39, 0.29) is 0 Å². The van der Waals surface area contributed by atoms with Crippen molar-refractivity contribution in [3.63, 3.8) is 0 Å². The average molecular weight is 383 g/mol. The molecule has 0 aliphatic rings. The fourth-order valence-corrected chi connectivity index (χ4v) is 4.90. The lowest BCUT2D eigenvalue weighted by molar-refractivity contribution is 1.14. The summed E-state index contributed by atoms with van der Waals surface area (Å²) in [5.41, 5.74) is 5.82. The second-order valence-corrected chi connectivity index (χ2v) is 7.81. The Hall–Kier alpha value is -4.11. The zero-order valence-electron chi connectivity index (χ0n) is 16.1. The van der Waals surface area contributed by atoms with Crippen LogP contribution in [0.3, 0.4) is 0 Å². The van der Waals surface area contributed by atoms with E-state index >= 15 is 0 Å². The van der Waals surface area contributed by atoms with E-state index in [0.717, 1.165) is 5.69 Å². The number of rotatable bonds is 1. The maximum absolute atomic E-state index is 4.37. The van der Waals surface area contributed by atoms with Crippen LogP contribution in [0.5, 0.6) is 0 Å². The summed E-state index contributed by atoms with van der Waals surface area (Å²) in [7, 11) is 0. The summed E-state index contributed by atoms with van der Waals surface area (Å²) in [5, 5.41) is 7.58. The SMILES string of the molecule is c1cncc(-n2c3ccccc3c3cc4[nH]c5ccc6ccccc6c5c4cc32)c1. The van der Waals surface area contributed by atoms with Crippen LogP contribution in [0, 0.1) is 0 Å². The number of H-pyrrole nitrogens is 1. The van der Waals surface area contributed by atoms with E-state index in [1.165, 1.54) is 54.4 Å². The van der Waals surface area contributed by atoms with E-state index in [2.05, 4.69) is 93.4 Å². The highest BCUT2D eigenvalue weighted by Crippen LogP contribution is 2.38. The number of fused-ring (bicyclic) bond motifs is 8. The van der Waals surface area contributed by atoms with E-state index in [1.54, 1.807) is 0 Å². The molecule has 0 atom stereocenters. The largest absolute Gasteiger partial charge is 0.354 e. The molecule has 0 amide bonds. The number of aromatic nitrogens is 3. The minimum Gasteiger partial charge on any atom is -0.354 e. The van der Waals surface area contributed by atoms with Crippen LogP contribution in [0.1, 0.15) is 0 Å². The quantitative estimate of drug-likeness (QED) is 0.326. The lowest BCUT2D eigenvalue weighted by Gasteiger charge is -2.07. The van der Waals surface area contributed by atoms with Gasteiger partial charge in [-0.2, -0.15) is 0 Å². The van der Waals surface area contributed by atoms with Crippen molar-refractivity contribution in [1.82, 2.24) is 14.5 Å². The molecule has 0 radical (unpaired) electrons. The number of nitrogens with one attached hydrogen (secondary N) is 1. The predicted octanol–water partition coefficient (Wildman–Crippen LogP) is 6.97. The molecule has 0 unspecified atom stereocenters. The number of hydrogen-bond donors (Lipinski definition) is 1. The van der Waals surface area contributed by atoms with Crippen molar-refractivity contribution < 1.29 is 0 Å². The van der Waals surface area contributed by atoms with Crippen LogP contribution >= 0.6 is 0 Å². The average Bonchev–Trinajstić information content (AvgIpc) is 3.33. The Kier molecular flexibility index (Phi) is 3.00. The van der Waals surface area contributed by atoms with Crippen molar-refractivity contribution in [2.75, 3.05) is 0 Å². The molecule has 4 aromatic carbocycles. The van der Waals surface area contributed by atoms with E-state index in [1.807, 2.05) is 18.5 Å². The minimum absolute atomic E-state index is 1.08. The van der Waals surface area contributed by atoms with Gasteiger partial charge in [-0.1, -0.05) is 48.5 Å². The number of hydrogen-bond acceptors (Lipinski definition) is 1. The molecule has 3 heteroatoms. The number of para-hydroxylation sites is 1. The first kappa shape index (κ1) is 15.8. The van der Waals surface area contributed by atoms with Gasteiger partial charge in [0, 0.05) is 38.8 Å². The summed E-state index contributed by atoms with van der Waals surface area (Å²) < 4.78 is 2.32. The third-order valence-electron chi connectivity index (χ3n) is 6.18. The molecule has 7 aromatic rings. The molecule has 0 aliphatic heterocycles. The molecular formula is C27H17N3. The van der Waals surface area contributed by atoms with Crippen molar-refractivity contribution >= 4 is 54.4 Å². The van der Waals surface area contributed by atoms with E-state index < -0.39 is 0 Å². The van der Waals surface area contributed by atoms with Gasteiger partial charge in [0.1, 0.15) is 0 Å².